The maximum absolute atomic E-state index is 14.1. The lowest BCUT2D eigenvalue weighted by atomic mass is 10.1. The summed E-state index contributed by atoms with van der Waals surface area (Å²) in [7, 11) is -4.44. The highest BCUT2D eigenvalue weighted by Crippen LogP contribution is 2.40. The molecule has 162 valence electrons. The van der Waals surface area contributed by atoms with Gasteiger partial charge in [-0.1, -0.05) is 33.6 Å². The molecule has 0 saturated carbocycles. The lowest BCUT2D eigenvalue weighted by Gasteiger charge is -2.32. The summed E-state index contributed by atoms with van der Waals surface area (Å²) in [4.78, 5) is -0.125. The second kappa shape index (κ2) is 8.10. The van der Waals surface area contributed by atoms with Crippen LogP contribution >= 0.6 is 38.5 Å². The molecule has 0 aliphatic carbocycles. The zero-order valence-electron chi connectivity index (χ0n) is 16.3. The van der Waals surface area contributed by atoms with E-state index in [2.05, 4.69) is 15.9 Å². The summed E-state index contributed by atoms with van der Waals surface area (Å²) < 4.78 is 69.9. The number of alkyl halides is 4. The smallest absolute Gasteiger partial charge is 0.344 e. The van der Waals surface area contributed by atoms with E-state index in [-0.39, 0.29) is 4.90 Å². The van der Waals surface area contributed by atoms with Crippen LogP contribution < -0.4 is 4.72 Å². The number of hydrogen-bond donors (Lipinski definition) is 1. The first kappa shape index (κ1) is 23.6. The Morgan fingerprint density at radius 3 is 2.23 bits per heavy atom. The van der Waals surface area contributed by atoms with Crippen molar-refractivity contribution in [2.45, 2.75) is 41.9 Å². The zero-order chi connectivity index (χ0) is 22.5. The van der Waals surface area contributed by atoms with Gasteiger partial charge in [0.15, 0.2) is 3.55 Å². The first-order valence-electron chi connectivity index (χ1n) is 8.85. The summed E-state index contributed by atoms with van der Waals surface area (Å²) in [5.74, 6) is 0. The van der Waals surface area contributed by atoms with Gasteiger partial charge in [-0.2, -0.15) is 17.9 Å². The van der Waals surface area contributed by atoms with Crippen LogP contribution in [0.15, 0.2) is 52.0 Å². The average Bonchev–Trinajstić information content (AvgIpc) is 2.93. The van der Waals surface area contributed by atoms with Crippen LogP contribution in [-0.4, -0.2) is 22.7 Å². The van der Waals surface area contributed by atoms with E-state index in [1.54, 1.807) is 57.2 Å². The summed E-state index contributed by atoms with van der Waals surface area (Å²) in [6.07, 6.45) is -3.31. The molecule has 0 aliphatic rings. The fourth-order valence-electron chi connectivity index (χ4n) is 3.58. The molecule has 0 bridgehead atoms. The Bertz CT molecular complexity index is 1200. The van der Waals surface area contributed by atoms with E-state index in [9.17, 15) is 21.6 Å². The van der Waals surface area contributed by atoms with Gasteiger partial charge in [0, 0.05) is 21.6 Å². The number of hydrogen-bond acceptors (Lipinski definition) is 2. The van der Waals surface area contributed by atoms with Crippen molar-refractivity contribution in [1.82, 2.24) is 9.29 Å². The van der Waals surface area contributed by atoms with E-state index in [0.29, 0.717) is 16.6 Å². The van der Waals surface area contributed by atoms with Crippen molar-refractivity contribution in [3.63, 3.8) is 0 Å². The normalized spacial score (nSPS) is 14.8. The van der Waals surface area contributed by atoms with Crippen LogP contribution in [0.5, 0.6) is 0 Å². The second-order valence-electron chi connectivity index (χ2n) is 7.28. The minimum absolute atomic E-state index is 0.125. The number of halogens is 5. The fraction of sp³-hybridized carbons (Fsp3) is 0.300. The van der Waals surface area contributed by atoms with Crippen molar-refractivity contribution >= 4 is 59.4 Å². The van der Waals surface area contributed by atoms with Gasteiger partial charge < -0.3 is 4.57 Å². The Balaban J connectivity index is 2.06. The third kappa shape index (κ3) is 4.56. The van der Waals surface area contributed by atoms with Gasteiger partial charge in [-0.3, -0.25) is 0 Å². The quantitative estimate of drug-likeness (QED) is 0.218. The molecular weight excluding hydrogens is 596 g/mol. The van der Waals surface area contributed by atoms with E-state index in [4.69, 9.17) is 0 Å². The summed E-state index contributed by atoms with van der Waals surface area (Å²) >= 11 is 4.50. The Labute approximate surface area is 195 Å². The average molecular weight is 615 g/mol. The molecule has 3 aromatic rings. The Kier molecular flexibility index (Phi) is 6.36. The molecule has 1 N–H and O–H groups in total. The van der Waals surface area contributed by atoms with Crippen molar-refractivity contribution < 1.29 is 21.6 Å². The predicted molar refractivity (Wildman–Crippen MR) is 123 cm³/mol. The van der Waals surface area contributed by atoms with Gasteiger partial charge >= 0.3 is 6.18 Å². The summed E-state index contributed by atoms with van der Waals surface area (Å²) in [6.45, 7) is 4.34. The maximum atomic E-state index is 14.1. The van der Waals surface area contributed by atoms with Gasteiger partial charge in [-0.25, -0.2) is 8.42 Å². The Hall–Kier alpha value is -1.11. The first-order chi connectivity index (χ1) is 13.7. The number of aryl methyl sites for hydroxylation is 3. The molecule has 0 fully saturated rings. The fourth-order valence-corrected chi connectivity index (χ4v) is 6.87. The van der Waals surface area contributed by atoms with Crippen LogP contribution in [0.4, 0.5) is 13.2 Å². The van der Waals surface area contributed by atoms with Crippen molar-refractivity contribution in [2.24, 2.45) is 0 Å². The predicted octanol–water partition coefficient (Wildman–Crippen LogP) is 6.00. The number of fused-ring (bicyclic) bond motifs is 1. The number of benzene rings is 2. The topological polar surface area (TPSA) is 51.1 Å². The molecule has 30 heavy (non-hydrogen) atoms. The monoisotopic (exact) mass is 614 g/mol. The maximum Gasteiger partial charge on any atom is 0.418 e. The largest absolute Gasteiger partial charge is 0.418 e. The zero-order valence-corrected chi connectivity index (χ0v) is 20.9. The van der Waals surface area contributed by atoms with E-state index in [0.717, 1.165) is 38.0 Å². The third-order valence-electron chi connectivity index (χ3n) is 4.74. The third-order valence-corrected chi connectivity index (χ3v) is 8.62. The van der Waals surface area contributed by atoms with E-state index in [1.165, 1.54) is 10.8 Å². The van der Waals surface area contributed by atoms with Crippen molar-refractivity contribution in [2.75, 3.05) is 0 Å². The van der Waals surface area contributed by atoms with Gasteiger partial charge in [0.1, 0.15) is 0 Å². The van der Waals surface area contributed by atoms with Crippen LogP contribution in [0.1, 0.15) is 16.7 Å². The lowest BCUT2D eigenvalue weighted by Crippen LogP contribution is -2.56. The number of nitrogens with zero attached hydrogens (tertiary/aromatic N) is 1. The molecule has 0 amide bonds. The molecular formula is C20H19BrF3IN2O2S. The number of sulfonamides is 1. The first-order valence-corrected chi connectivity index (χ1v) is 12.2. The summed E-state index contributed by atoms with van der Waals surface area (Å²) in [6, 6.07) is 10.2. The van der Waals surface area contributed by atoms with Crippen molar-refractivity contribution in [3.8, 4) is 0 Å². The van der Waals surface area contributed by atoms with Gasteiger partial charge in [0.05, 0.1) is 11.4 Å². The van der Waals surface area contributed by atoms with Gasteiger partial charge in [0.25, 0.3) is 0 Å². The molecule has 3 rings (SSSR count). The SMILES string of the molecule is Cc1cc(C)c(S(=O)(=O)NC(I)(Cn2ccc3cc(Br)ccc32)C(F)(F)F)c(C)c1. The number of aromatic nitrogens is 1. The highest BCUT2D eigenvalue weighted by Gasteiger charge is 2.56. The molecule has 0 aliphatic heterocycles. The summed E-state index contributed by atoms with van der Waals surface area (Å²) in [5, 5.41) is 0.749. The minimum Gasteiger partial charge on any atom is -0.344 e. The second-order valence-corrected chi connectivity index (χ2v) is 11.7. The number of rotatable bonds is 5. The van der Waals surface area contributed by atoms with Crippen molar-refractivity contribution in [3.05, 3.63) is 63.8 Å². The van der Waals surface area contributed by atoms with E-state index < -0.39 is 26.3 Å². The van der Waals surface area contributed by atoms with Crippen molar-refractivity contribution in [1.29, 1.82) is 0 Å². The van der Waals surface area contributed by atoms with Crippen LogP contribution in [0.2, 0.25) is 0 Å². The molecule has 2 aromatic carbocycles. The molecule has 1 aromatic heterocycles. The Morgan fingerprint density at radius 1 is 1.07 bits per heavy atom. The van der Waals surface area contributed by atoms with Gasteiger partial charge in [-0.05, 0) is 78.8 Å². The molecule has 1 heterocycles. The molecule has 0 radical (unpaired) electrons. The van der Waals surface area contributed by atoms with Gasteiger partial charge in [0.2, 0.25) is 10.0 Å². The molecule has 10 heteroatoms. The minimum atomic E-state index is -4.83. The van der Waals surface area contributed by atoms with E-state index in [1.807, 2.05) is 4.72 Å². The standard InChI is InChI=1S/C20H19BrF3IN2O2S/c1-12-8-13(2)18(14(3)9-12)30(28,29)26-19(25,20(22,23)24)11-27-7-6-15-10-16(21)4-5-17(15)27/h4-10,26H,11H2,1-3H3. The van der Waals surface area contributed by atoms with E-state index >= 15 is 0 Å². The molecule has 4 nitrogen and oxygen atoms in total. The molecule has 1 atom stereocenters. The van der Waals surface area contributed by atoms with Crippen LogP contribution in [-0.2, 0) is 16.6 Å². The highest BCUT2D eigenvalue weighted by atomic mass is 127. The van der Waals surface area contributed by atoms with Crippen LogP contribution in [0, 0.1) is 20.8 Å². The van der Waals surface area contributed by atoms with Crippen LogP contribution in [0.3, 0.4) is 0 Å². The molecule has 0 spiro atoms. The Morgan fingerprint density at radius 2 is 1.67 bits per heavy atom. The molecule has 0 saturated heterocycles. The highest BCUT2D eigenvalue weighted by molar-refractivity contribution is 14.1. The number of nitrogens with one attached hydrogen (secondary N) is 1. The lowest BCUT2D eigenvalue weighted by molar-refractivity contribution is -0.159. The van der Waals surface area contributed by atoms with Gasteiger partial charge in [-0.15, -0.1) is 0 Å². The molecule has 1 unspecified atom stereocenters. The summed E-state index contributed by atoms with van der Waals surface area (Å²) in [5.41, 5.74) is 2.21. The van der Waals surface area contributed by atoms with Crippen LogP contribution in [0.25, 0.3) is 10.9 Å².